The fourth-order valence-corrected chi connectivity index (χ4v) is 2.33. The number of hydrogen-bond donors (Lipinski definition) is 0. The monoisotopic (exact) mass is 326 g/mol. The van der Waals surface area contributed by atoms with Crippen molar-refractivity contribution in [3.05, 3.63) is 35.7 Å². The topological polar surface area (TPSA) is 109 Å². The number of aryl methyl sites for hydroxylation is 3. The van der Waals surface area contributed by atoms with Crippen LogP contribution in [-0.4, -0.2) is 39.7 Å². The molecule has 0 aliphatic rings. The highest BCUT2D eigenvalue weighted by molar-refractivity contribution is 5.62. The van der Waals surface area contributed by atoms with Crippen molar-refractivity contribution in [1.29, 1.82) is 0 Å². The minimum atomic E-state index is 0.264. The van der Waals surface area contributed by atoms with Crippen LogP contribution in [0, 0.1) is 13.8 Å². The molecule has 0 radical (unpaired) electrons. The zero-order valence-corrected chi connectivity index (χ0v) is 13.3. The molecule has 0 saturated heterocycles. The molecule has 0 fully saturated rings. The Hall–Kier alpha value is -3.30. The molecule has 4 heterocycles. The van der Waals surface area contributed by atoms with Gasteiger partial charge in [0.1, 0.15) is 18.7 Å². The lowest BCUT2D eigenvalue weighted by Gasteiger charge is -2.02. The Morgan fingerprint density at radius 1 is 1.29 bits per heavy atom. The van der Waals surface area contributed by atoms with E-state index in [2.05, 4.69) is 30.5 Å². The predicted molar refractivity (Wildman–Crippen MR) is 81.1 cm³/mol. The summed E-state index contributed by atoms with van der Waals surface area (Å²) in [5, 5.41) is 20.6. The molecule has 0 aliphatic heterocycles. The van der Waals surface area contributed by atoms with E-state index < -0.39 is 0 Å². The van der Waals surface area contributed by atoms with Gasteiger partial charge in [-0.05, 0) is 13.8 Å². The van der Waals surface area contributed by atoms with Gasteiger partial charge < -0.3 is 9.26 Å². The molecule has 0 spiro atoms. The van der Waals surface area contributed by atoms with Gasteiger partial charge in [-0.2, -0.15) is 10.2 Å². The van der Waals surface area contributed by atoms with Crippen molar-refractivity contribution in [3.8, 4) is 17.4 Å². The van der Waals surface area contributed by atoms with Crippen molar-refractivity contribution in [2.75, 3.05) is 0 Å². The van der Waals surface area contributed by atoms with Gasteiger partial charge in [0, 0.05) is 18.7 Å². The Labute approximate surface area is 136 Å². The van der Waals surface area contributed by atoms with Gasteiger partial charge in [0.05, 0.1) is 11.7 Å². The van der Waals surface area contributed by atoms with Crippen LogP contribution in [0.15, 0.2) is 23.1 Å². The van der Waals surface area contributed by atoms with E-state index in [-0.39, 0.29) is 6.61 Å². The maximum atomic E-state index is 5.79. The molecule has 0 aromatic carbocycles. The molecular weight excluding hydrogens is 312 g/mol. The van der Waals surface area contributed by atoms with Gasteiger partial charge in [-0.25, -0.2) is 9.50 Å². The van der Waals surface area contributed by atoms with Gasteiger partial charge in [0.25, 0.3) is 0 Å². The van der Waals surface area contributed by atoms with Crippen LogP contribution in [0.3, 0.4) is 0 Å². The second-order valence-corrected chi connectivity index (χ2v) is 5.31. The number of ether oxygens (including phenoxy) is 1. The average Bonchev–Trinajstić information content (AvgIpc) is 3.26. The lowest BCUT2D eigenvalue weighted by Crippen LogP contribution is -2.05. The van der Waals surface area contributed by atoms with Gasteiger partial charge in [0.15, 0.2) is 11.5 Å². The molecule has 0 bridgehead atoms. The third kappa shape index (κ3) is 2.28. The number of fused-ring (bicyclic) bond motifs is 1. The van der Waals surface area contributed by atoms with Crippen molar-refractivity contribution >= 4 is 5.52 Å². The largest absolute Gasteiger partial charge is 0.468 e. The molecule has 0 atom stereocenters. The summed E-state index contributed by atoms with van der Waals surface area (Å²) in [6.07, 6.45) is 3.11. The molecule has 4 aromatic heterocycles. The summed E-state index contributed by atoms with van der Waals surface area (Å²) < 4.78 is 14.2. The normalized spacial score (nSPS) is 11.3. The molecule has 0 amide bonds. The van der Waals surface area contributed by atoms with Crippen LogP contribution < -0.4 is 4.74 Å². The van der Waals surface area contributed by atoms with Crippen molar-refractivity contribution in [1.82, 2.24) is 39.7 Å². The zero-order chi connectivity index (χ0) is 16.7. The highest BCUT2D eigenvalue weighted by Crippen LogP contribution is 2.25. The first-order valence-electron chi connectivity index (χ1n) is 7.24. The fourth-order valence-electron chi connectivity index (χ4n) is 2.33. The highest BCUT2D eigenvalue weighted by Gasteiger charge is 2.17. The average molecular weight is 326 g/mol. The molecule has 0 unspecified atom stereocenters. The molecule has 0 aliphatic carbocycles. The van der Waals surface area contributed by atoms with Gasteiger partial charge in [-0.15, -0.1) is 10.2 Å². The highest BCUT2D eigenvalue weighted by atomic mass is 16.5. The second-order valence-electron chi connectivity index (χ2n) is 5.31. The molecule has 0 saturated carbocycles. The summed E-state index contributed by atoms with van der Waals surface area (Å²) in [6, 6.07) is 1.78. The van der Waals surface area contributed by atoms with Crippen LogP contribution in [0.2, 0.25) is 0 Å². The van der Waals surface area contributed by atoms with Crippen LogP contribution in [0.1, 0.15) is 17.1 Å². The van der Waals surface area contributed by atoms with Crippen LogP contribution in [0.5, 0.6) is 5.88 Å². The van der Waals surface area contributed by atoms with Crippen LogP contribution in [-0.2, 0) is 13.7 Å². The van der Waals surface area contributed by atoms with Crippen molar-refractivity contribution in [3.63, 3.8) is 0 Å². The Kier molecular flexibility index (Phi) is 3.22. The minimum Gasteiger partial charge on any atom is -0.468 e. The van der Waals surface area contributed by atoms with E-state index in [9.17, 15) is 0 Å². The van der Waals surface area contributed by atoms with E-state index >= 15 is 0 Å². The number of rotatable bonds is 4. The van der Waals surface area contributed by atoms with Crippen molar-refractivity contribution < 1.29 is 9.26 Å². The molecule has 0 N–H and O–H groups in total. The molecule has 4 rings (SSSR count). The Morgan fingerprint density at radius 2 is 2.17 bits per heavy atom. The molecular formula is C14H14N8O2. The van der Waals surface area contributed by atoms with Crippen LogP contribution in [0.25, 0.3) is 17.0 Å². The lowest BCUT2D eigenvalue weighted by atomic mass is 10.3. The number of aromatic nitrogens is 8. The molecule has 24 heavy (non-hydrogen) atoms. The molecule has 4 aromatic rings. The maximum Gasteiger partial charge on any atom is 0.237 e. The summed E-state index contributed by atoms with van der Waals surface area (Å²) >= 11 is 0. The van der Waals surface area contributed by atoms with E-state index in [1.807, 2.05) is 13.8 Å². The first-order valence-corrected chi connectivity index (χ1v) is 7.24. The van der Waals surface area contributed by atoms with Crippen molar-refractivity contribution in [2.24, 2.45) is 7.05 Å². The van der Waals surface area contributed by atoms with Gasteiger partial charge >= 0.3 is 0 Å². The number of hydrogen-bond acceptors (Lipinski definition) is 8. The van der Waals surface area contributed by atoms with E-state index in [4.69, 9.17) is 9.26 Å². The second kappa shape index (κ2) is 5.41. The quantitative estimate of drug-likeness (QED) is 0.548. The predicted octanol–water partition coefficient (Wildman–Crippen LogP) is 1.10. The SMILES string of the molecule is Cc1cc(-c2nncc3c(C)c(OCc4ncnn4C)nn23)no1. The van der Waals surface area contributed by atoms with Crippen LogP contribution in [0.4, 0.5) is 0 Å². The first kappa shape index (κ1) is 14.3. The van der Waals surface area contributed by atoms with E-state index in [1.165, 1.54) is 6.33 Å². The third-order valence-corrected chi connectivity index (χ3v) is 3.66. The van der Waals surface area contributed by atoms with E-state index in [0.717, 1.165) is 11.1 Å². The van der Waals surface area contributed by atoms with E-state index in [0.29, 0.717) is 29.0 Å². The van der Waals surface area contributed by atoms with Gasteiger partial charge in [-0.3, -0.25) is 4.68 Å². The minimum absolute atomic E-state index is 0.264. The number of nitrogens with zero attached hydrogens (tertiary/aromatic N) is 8. The standard InChI is InChI=1S/C14H14N8O2/c1-8-4-10(20-24-8)13-18-16-5-11-9(2)14(19-22(11)13)23-6-12-15-7-17-21(12)3/h4-5,7H,6H2,1-3H3. The summed E-state index contributed by atoms with van der Waals surface area (Å²) in [6.45, 7) is 3.99. The van der Waals surface area contributed by atoms with E-state index in [1.54, 1.807) is 28.5 Å². The molecule has 10 nitrogen and oxygen atoms in total. The third-order valence-electron chi connectivity index (χ3n) is 3.66. The van der Waals surface area contributed by atoms with Crippen molar-refractivity contribution in [2.45, 2.75) is 20.5 Å². The zero-order valence-electron chi connectivity index (χ0n) is 13.3. The Balaban J connectivity index is 1.73. The van der Waals surface area contributed by atoms with Crippen LogP contribution >= 0.6 is 0 Å². The molecule has 122 valence electrons. The summed E-state index contributed by atoms with van der Waals surface area (Å²) in [5.41, 5.74) is 2.20. The molecule has 10 heteroatoms. The lowest BCUT2D eigenvalue weighted by molar-refractivity contribution is 0.275. The summed E-state index contributed by atoms with van der Waals surface area (Å²) in [7, 11) is 1.81. The smallest absolute Gasteiger partial charge is 0.237 e. The summed E-state index contributed by atoms with van der Waals surface area (Å²) in [4.78, 5) is 4.13. The fraction of sp³-hybridized carbons (Fsp3) is 0.286. The Bertz CT molecular complexity index is 1020. The van der Waals surface area contributed by atoms with Gasteiger partial charge in [0.2, 0.25) is 11.7 Å². The van der Waals surface area contributed by atoms with Gasteiger partial charge in [-0.1, -0.05) is 5.16 Å². The summed E-state index contributed by atoms with van der Waals surface area (Å²) in [5.74, 6) is 2.36. The Morgan fingerprint density at radius 3 is 2.88 bits per heavy atom. The first-order chi connectivity index (χ1) is 11.6. The maximum absolute atomic E-state index is 5.79.